The van der Waals surface area contributed by atoms with Crippen LogP contribution in [0, 0.1) is 6.92 Å². The first-order valence-electron chi connectivity index (χ1n) is 6.20. The van der Waals surface area contributed by atoms with Gasteiger partial charge in [-0.15, -0.1) is 0 Å². The summed E-state index contributed by atoms with van der Waals surface area (Å²) in [6.45, 7) is 5.51. The Labute approximate surface area is 110 Å². The summed E-state index contributed by atoms with van der Waals surface area (Å²) in [5.74, 6) is 1.45. The average Bonchev–Trinajstić information content (AvgIpc) is 2.70. The molecule has 18 heavy (non-hydrogen) atoms. The van der Waals surface area contributed by atoms with Crippen molar-refractivity contribution in [2.45, 2.75) is 20.4 Å². The summed E-state index contributed by atoms with van der Waals surface area (Å²) in [6.07, 6.45) is 2.02. The van der Waals surface area contributed by atoms with Gasteiger partial charge in [-0.3, -0.25) is 4.21 Å². The molecule has 1 atom stereocenters. The Morgan fingerprint density at radius 2 is 2.28 bits per heavy atom. The van der Waals surface area contributed by atoms with Crippen molar-refractivity contribution in [1.82, 2.24) is 14.7 Å². The molecule has 0 saturated heterocycles. The lowest BCUT2D eigenvalue weighted by Crippen LogP contribution is -2.21. The van der Waals surface area contributed by atoms with Gasteiger partial charge in [-0.05, 0) is 19.1 Å². The van der Waals surface area contributed by atoms with Crippen molar-refractivity contribution >= 4 is 16.4 Å². The van der Waals surface area contributed by atoms with Gasteiger partial charge in [0.1, 0.15) is 5.65 Å². The zero-order valence-electron chi connectivity index (χ0n) is 10.8. The van der Waals surface area contributed by atoms with E-state index in [1.807, 2.05) is 38.2 Å². The molecule has 0 bridgehead atoms. The Hall–Kier alpha value is -1.20. The maximum absolute atomic E-state index is 11.3. The molecule has 0 aromatic carbocycles. The maximum Gasteiger partial charge on any atom is 0.137 e. The minimum absolute atomic E-state index is 0.693. The SMILES string of the molecule is CCS(=O)CCNCc1c(C)nc2ccccn12. The number of rotatable bonds is 6. The highest BCUT2D eigenvalue weighted by Crippen LogP contribution is 2.11. The average molecular weight is 265 g/mol. The van der Waals surface area contributed by atoms with Crippen molar-refractivity contribution < 1.29 is 4.21 Å². The Kier molecular flexibility index (Phi) is 4.49. The van der Waals surface area contributed by atoms with Gasteiger partial charge in [-0.25, -0.2) is 4.98 Å². The number of hydrogen-bond acceptors (Lipinski definition) is 3. The molecule has 0 radical (unpaired) electrons. The van der Waals surface area contributed by atoms with Crippen LogP contribution >= 0.6 is 0 Å². The third-order valence-corrected chi connectivity index (χ3v) is 4.25. The second kappa shape index (κ2) is 6.11. The van der Waals surface area contributed by atoms with E-state index in [4.69, 9.17) is 0 Å². The molecule has 0 saturated carbocycles. The molecular weight excluding hydrogens is 246 g/mol. The lowest BCUT2D eigenvalue weighted by atomic mass is 10.3. The molecule has 0 spiro atoms. The van der Waals surface area contributed by atoms with Crippen LogP contribution < -0.4 is 5.32 Å². The van der Waals surface area contributed by atoms with Crippen LogP contribution in [0.2, 0.25) is 0 Å². The first-order valence-corrected chi connectivity index (χ1v) is 7.69. The number of pyridine rings is 1. The van der Waals surface area contributed by atoms with E-state index in [-0.39, 0.29) is 0 Å². The monoisotopic (exact) mass is 265 g/mol. The normalized spacial score (nSPS) is 13.0. The topological polar surface area (TPSA) is 46.4 Å². The van der Waals surface area contributed by atoms with E-state index < -0.39 is 10.8 Å². The zero-order valence-corrected chi connectivity index (χ0v) is 11.7. The van der Waals surface area contributed by atoms with Gasteiger partial charge in [0.05, 0.1) is 11.4 Å². The first kappa shape index (κ1) is 13.2. The predicted octanol–water partition coefficient (Wildman–Crippen LogP) is 1.50. The summed E-state index contributed by atoms with van der Waals surface area (Å²) in [5.41, 5.74) is 3.20. The summed E-state index contributed by atoms with van der Waals surface area (Å²) >= 11 is 0. The van der Waals surface area contributed by atoms with Crippen LogP contribution in [-0.4, -0.2) is 31.6 Å². The molecule has 2 aromatic heterocycles. The Morgan fingerprint density at radius 3 is 3.06 bits per heavy atom. The zero-order chi connectivity index (χ0) is 13.0. The van der Waals surface area contributed by atoms with Crippen molar-refractivity contribution in [2.75, 3.05) is 18.1 Å². The van der Waals surface area contributed by atoms with Crippen LogP contribution in [-0.2, 0) is 17.3 Å². The number of aromatic nitrogens is 2. The molecule has 2 aromatic rings. The van der Waals surface area contributed by atoms with Crippen LogP contribution in [0.25, 0.3) is 5.65 Å². The number of imidazole rings is 1. The van der Waals surface area contributed by atoms with Crippen molar-refractivity contribution in [3.8, 4) is 0 Å². The third kappa shape index (κ3) is 2.97. The van der Waals surface area contributed by atoms with Gasteiger partial charge in [0.2, 0.25) is 0 Å². The summed E-state index contributed by atoms with van der Waals surface area (Å²) in [6, 6.07) is 6.00. The molecule has 0 aliphatic carbocycles. The number of hydrogen-bond donors (Lipinski definition) is 1. The molecule has 2 heterocycles. The van der Waals surface area contributed by atoms with E-state index in [1.165, 1.54) is 5.69 Å². The Morgan fingerprint density at radius 1 is 1.44 bits per heavy atom. The highest BCUT2D eigenvalue weighted by molar-refractivity contribution is 7.84. The highest BCUT2D eigenvalue weighted by Gasteiger charge is 2.07. The second-order valence-electron chi connectivity index (χ2n) is 4.18. The maximum atomic E-state index is 11.3. The van der Waals surface area contributed by atoms with Gasteiger partial charge in [0, 0.05) is 41.6 Å². The number of fused-ring (bicyclic) bond motifs is 1. The molecule has 1 N–H and O–H groups in total. The van der Waals surface area contributed by atoms with Gasteiger partial charge in [0.15, 0.2) is 0 Å². The van der Waals surface area contributed by atoms with Crippen molar-refractivity contribution in [1.29, 1.82) is 0 Å². The minimum atomic E-state index is -0.693. The molecule has 0 aliphatic rings. The van der Waals surface area contributed by atoms with Crippen LogP contribution in [0.15, 0.2) is 24.4 Å². The fraction of sp³-hybridized carbons (Fsp3) is 0.462. The van der Waals surface area contributed by atoms with Gasteiger partial charge < -0.3 is 9.72 Å². The lowest BCUT2D eigenvalue weighted by molar-refractivity contribution is 0.669. The van der Waals surface area contributed by atoms with Crippen LogP contribution in [0.3, 0.4) is 0 Å². The van der Waals surface area contributed by atoms with Crippen molar-refractivity contribution in [3.63, 3.8) is 0 Å². The number of nitrogens with zero attached hydrogens (tertiary/aromatic N) is 2. The van der Waals surface area contributed by atoms with Crippen LogP contribution in [0.5, 0.6) is 0 Å². The van der Waals surface area contributed by atoms with Gasteiger partial charge in [-0.2, -0.15) is 0 Å². The smallest absolute Gasteiger partial charge is 0.137 e. The van der Waals surface area contributed by atoms with Gasteiger partial charge in [0.25, 0.3) is 0 Å². The molecule has 98 valence electrons. The van der Waals surface area contributed by atoms with E-state index in [1.54, 1.807) is 0 Å². The van der Waals surface area contributed by atoms with E-state index in [0.717, 1.165) is 30.2 Å². The van der Waals surface area contributed by atoms with E-state index >= 15 is 0 Å². The molecule has 0 fully saturated rings. The first-order chi connectivity index (χ1) is 8.72. The molecule has 0 amide bonds. The summed E-state index contributed by atoms with van der Waals surface area (Å²) in [5, 5.41) is 3.33. The Bertz CT molecular complexity index is 550. The van der Waals surface area contributed by atoms with E-state index in [2.05, 4.69) is 14.7 Å². The molecule has 1 unspecified atom stereocenters. The largest absolute Gasteiger partial charge is 0.310 e. The molecule has 0 aliphatic heterocycles. The Balaban J connectivity index is 1.99. The van der Waals surface area contributed by atoms with Gasteiger partial charge in [-0.1, -0.05) is 13.0 Å². The minimum Gasteiger partial charge on any atom is -0.310 e. The highest BCUT2D eigenvalue weighted by atomic mass is 32.2. The predicted molar refractivity (Wildman–Crippen MR) is 75.2 cm³/mol. The third-order valence-electron chi connectivity index (χ3n) is 2.95. The number of nitrogens with one attached hydrogen (secondary N) is 1. The standard InChI is InChI=1S/C13H19N3OS/c1-3-18(17)9-7-14-10-12-11(2)15-13-6-4-5-8-16(12)13/h4-6,8,14H,3,7,9-10H2,1-2H3. The summed E-state index contributed by atoms with van der Waals surface area (Å²) in [4.78, 5) is 4.51. The number of aryl methyl sites for hydroxylation is 1. The van der Waals surface area contributed by atoms with Crippen LogP contribution in [0.4, 0.5) is 0 Å². The van der Waals surface area contributed by atoms with Gasteiger partial charge >= 0.3 is 0 Å². The quantitative estimate of drug-likeness (QED) is 0.805. The lowest BCUT2D eigenvalue weighted by Gasteiger charge is -2.05. The van der Waals surface area contributed by atoms with E-state index in [0.29, 0.717) is 5.75 Å². The van der Waals surface area contributed by atoms with Crippen LogP contribution in [0.1, 0.15) is 18.3 Å². The fourth-order valence-electron chi connectivity index (χ4n) is 1.91. The summed E-state index contributed by atoms with van der Waals surface area (Å²) in [7, 11) is -0.693. The van der Waals surface area contributed by atoms with Crippen molar-refractivity contribution in [2.24, 2.45) is 0 Å². The molecule has 5 heteroatoms. The molecule has 4 nitrogen and oxygen atoms in total. The summed E-state index contributed by atoms with van der Waals surface area (Å²) < 4.78 is 13.4. The fourth-order valence-corrected chi connectivity index (χ4v) is 2.58. The molecular formula is C13H19N3OS. The second-order valence-corrected chi connectivity index (χ2v) is 6.05. The molecule has 2 rings (SSSR count). The van der Waals surface area contributed by atoms with E-state index in [9.17, 15) is 4.21 Å². The van der Waals surface area contributed by atoms with Crippen molar-refractivity contribution in [3.05, 3.63) is 35.8 Å².